The Bertz CT molecular complexity index is 867. The number of halogens is 1. The topological polar surface area (TPSA) is 75.7 Å². The molecule has 3 rings (SSSR count). The summed E-state index contributed by atoms with van der Waals surface area (Å²) >= 11 is 0. The van der Waals surface area contributed by atoms with E-state index in [9.17, 15) is 18.8 Å². The third-order valence-electron chi connectivity index (χ3n) is 4.23. The van der Waals surface area contributed by atoms with Crippen LogP contribution in [0.5, 0.6) is 0 Å². The van der Waals surface area contributed by atoms with Gasteiger partial charge in [0.15, 0.2) is 6.10 Å². The summed E-state index contributed by atoms with van der Waals surface area (Å²) in [5.74, 6) is -1.63. The first-order chi connectivity index (χ1) is 12.9. The zero-order valence-electron chi connectivity index (χ0n) is 14.8. The van der Waals surface area contributed by atoms with Crippen molar-refractivity contribution < 1.29 is 23.5 Å². The number of anilines is 2. The third kappa shape index (κ3) is 4.49. The molecule has 0 aliphatic carbocycles. The fourth-order valence-corrected chi connectivity index (χ4v) is 2.79. The zero-order valence-corrected chi connectivity index (χ0v) is 14.8. The van der Waals surface area contributed by atoms with E-state index in [1.807, 2.05) is 0 Å². The Labute approximate surface area is 155 Å². The van der Waals surface area contributed by atoms with Crippen LogP contribution in [0.3, 0.4) is 0 Å². The van der Waals surface area contributed by atoms with Crippen molar-refractivity contribution in [1.29, 1.82) is 0 Å². The molecule has 2 aromatic carbocycles. The number of carbonyl (C=O) groups excluding carboxylic acids is 3. The molecule has 1 aliphatic heterocycles. The van der Waals surface area contributed by atoms with Crippen LogP contribution >= 0.6 is 0 Å². The second-order valence-electron chi connectivity index (χ2n) is 6.24. The molecule has 1 N–H and O–H groups in total. The fraction of sp³-hybridized carbons (Fsp3) is 0.250. The minimum Gasteiger partial charge on any atom is -0.449 e. The van der Waals surface area contributed by atoms with Crippen molar-refractivity contribution in [3.05, 3.63) is 59.9 Å². The average Bonchev–Trinajstić information content (AvgIpc) is 3.07. The first-order valence-electron chi connectivity index (χ1n) is 8.62. The highest BCUT2D eigenvalue weighted by atomic mass is 19.1. The smallest absolute Gasteiger partial charge is 0.338 e. The summed E-state index contributed by atoms with van der Waals surface area (Å²) in [5, 5.41) is 2.49. The van der Waals surface area contributed by atoms with E-state index in [-0.39, 0.29) is 17.2 Å². The predicted octanol–water partition coefficient (Wildman–Crippen LogP) is 3.14. The van der Waals surface area contributed by atoms with Gasteiger partial charge in [-0.1, -0.05) is 6.07 Å². The minimum atomic E-state index is -1.05. The first kappa shape index (κ1) is 18.6. The molecule has 27 heavy (non-hydrogen) atoms. The van der Waals surface area contributed by atoms with Gasteiger partial charge in [-0.2, -0.15) is 0 Å². The molecule has 0 unspecified atom stereocenters. The lowest BCUT2D eigenvalue weighted by Crippen LogP contribution is -2.30. The molecule has 1 saturated heterocycles. The van der Waals surface area contributed by atoms with Crippen molar-refractivity contribution >= 4 is 29.2 Å². The van der Waals surface area contributed by atoms with Crippen molar-refractivity contribution in [3.8, 4) is 0 Å². The molecule has 2 aromatic rings. The Morgan fingerprint density at radius 2 is 1.93 bits per heavy atom. The summed E-state index contributed by atoms with van der Waals surface area (Å²) in [4.78, 5) is 37.7. The maximum Gasteiger partial charge on any atom is 0.338 e. The van der Waals surface area contributed by atoms with Gasteiger partial charge in [0.25, 0.3) is 5.91 Å². The van der Waals surface area contributed by atoms with Crippen LogP contribution < -0.4 is 10.2 Å². The molecule has 0 spiro atoms. The van der Waals surface area contributed by atoms with Crippen molar-refractivity contribution in [3.63, 3.8) is 0 Å². The Balaban J connectivity index is 1.59. The number of carbonyl (C=O) groups is 3. The first-order valence-corrected chi connectivity index (χ1v) is 8.62. The molecule has 0 bridgehead atoms. The highest BCUT2D eigenvalue weighted by molar-refractivity contribution is 5.98. The summed E-state index contributed by atoms with van der Waals surface area (Å²) in [6.07, 6.45) is 0.295. The normalized spacial score (nSPS) is 14.7. The predicted molar refractivity (Wildman–Crippen MR) is 97.9 cm³/mol. The Kier molecular flexibility index (Phi) is 5.49. The summed E-state index contributed by atoms with van der Waals surface area (Å²) in [7, 11) is 0. The SMILES string of the molecule is C[C@@H](OC(=O)c1ccc(N2CCCC2=O)cc1)C(=O)Nc1cccc(F)c1. The fourth-order valence-electron chi connectivity index (χ4n) is 2.79. The van der Waals surface area contributed by atoms with E-state index in [2.05, 4.69) is 5.32 Å². The number of nitrogens with zero attached hydrogens (tertiary/aromatic N) is 1. The van der Waals surface area contributed by atoms with Crippen LogP contribution in [0.4, 0.5) is 15.8 Å². The van der Waals surface area contributed by atoms with Crippen LogP contribution in [0.1, 0.15) is 30.1 Å². The lowest BCUT2D eigenvalue weighted by Gasteiger charge is -2.16. The van der Waals surface area contributed by atoms with Crippen LogP contribution in [0.15, 0.2) is 48.5 Å². The largest absolute Gasteiger partial charge is 0.449 e. The van der Waals surface area contributed by atoms with E-state index in [1.165, 1.54) is 31.2 Å². The van der Waals surface area contributed by atoms with Crippen molar-refractivity contribution in [2.45, 2.75) is 25.9 Å². The number of nitrogens with one attached hydrogen (secondary N) is 1. The van der Waals surface area contributed by atoms with Gasteiger partial charge in [-0.05, 0) is 55.8 Å². The van der Waals surface area contributed by atoms with Gasteiger partial charge in [0.05, 0.1) is 5.56 Å². The van der Waals surface area contributed by atoms with E-state index in [0.29, 0.717) is 13.0 Å². The van der Waals surface area contributed by atoms with Gasteiger partial charge >= 0.3 is 5.97 Å². The maximum atomic E-state index is 13.2. The Hall–Kier alpha value is -3.22. The molecule has 140 valence electrons. The third-order valence-corrected chi connectivity index (χ3v) is 4.23. The number of hydrogen-bond acceptors (Lipinski definition) is 4. The molecule has 6 nitrogen and oxygen atoms in total. The molecule has 2 amide bonds. The maximum absolute atomic E-state index is 13.2. The lowest BCUT2D eigenvalue weighted by atomic mass is 10.2. The van der Waals surface area contributed by atoms with E-state index in [0.717, 1.165) is 12.1 Å². The quantitative estimate of drug-likeness (QED) is 0.821. The van der Waals surface area contributed by atoms with Gasteiger partial charge in [-0.25, -0.2) is 9.18 Å². The highest BCUT2D eigenvalue weighted by Crippen LogP contribution is 2.22. The van der Waals surface area contributed by atoms with E-state index >= 15 is 0 Å². The molecule has 0 radical (unpaired) electrons. The highest BCUT2D eigenvalue weighted by Gasteiger charge is 2.23. The monoisotopic (exact) mass is 370 g/mol. The van der Waals surface area contributed by atoms with Gasteiger partial charge in [0.1, 0.15) is 5.82 Å². The molecule has 1 heterocycles. The molecular formula is C20H19FN2O4. The van der Waals surface area contributed by atoms with Gasteiger partial charge in [-0.3, -0.25) is 9.59 Å². The number of amides is 2. The molecule has 1 fully saturated rings. The minimum absolute atomic E-state index is 0.0629. The standard InChI is InChI=1S/C20H19FN2O4/c1-13(19(25)22-16-5-2-4-15(21)12-16)27-20(26)14-7-9-17(10-8-14)23-11-3-6-18(23)24/h2,4-5,7-10,12-13H,3,6,11H2,1H3,(H,22,25)/t13-/m1/s1. The second kappa shape index (κ2) is 7.99. The van der Waals surface area contributed by atoms with Crippen LogP contribution in [-0.4, -0.2) is 30.4 Å². The molecular weight excluding hydrogens is 351 g/mol. The van der Waals surface area contributed by atoms with Crippen LogP contribution in [-0.2, 0) is 14.3 Å². The number of ether oxygens (including phenoxy) is 1. The van der Waals surface area contributed by atoms with Crippen LogP contribution in [0, 0.1) is 5.82 Å². The van der Waals surface area contributed by atoms with Crippen molar-refractivity contribution in [2.75, 3.05) is 16.8 Å². The molecule has 7 heteroatoms. The van der Waals surface area contributed by atoms with Gasteiger partial charge in [0.2, 0.25) is 5.91 Å². The van der Waals surface area contributed by atoms with Crippen LogP contribution in [0.2, 0.25) is 0 Å². The van der Waals surface area contributed by atoms with Crippen molar-refractivity contribution in [2.24, 2.45) is 0 Å². The molecule has 1 atom stereocenters. The zero-order chi connectivity index (χ0) is 19.4. The summed E-state index contributed by atoms with van der Waals surface area (Å²) in [5.41, 5.74) is 1.28. The summed E-state index contributed by atoms with van der Waals surface area (Å²) < 4.78 is 18.3. The lowest BCUT2D eigenvalue weighted by molar-refractivity contribution is -0.123. The second-order valence-corrected chi connectivity index (χ2v) is 6.24. The van der Waals surface area contributed by atoms with E-state index in [4.69, 9.17) is 4.74 Å². The Morgan fingerprint density at radius 3 is 2.56 bits per heavy atom. The number of esters is 1. The van der Waals surface area contributed by atoms with E-state index < -0.39 is 23.8 Å². The molecule has 0 saturated carbocycles. The summed E-state index contributed by atoms with van der Waals surface area (Å²) in [6, 6.07) is 11.9. The van der Waals surface area contributed by atoms with Gasteiger partial charge < -0.3 is 15.0 Å². The summed E-state index contributed by atoms with van der Waals surface area (Å²) in [6.45, 7) is 2.10. The van der Waals surface area contributed by atoms with Crippen LogP contribution in [0.25, 0.3) is 0 Å². The van der Waals surface area contributed by atoms with E-state index in [1.54, 1.807) is 29.2 Å². The molecule has 0 aromatic heterocycles. The van der Waals surface area contributed by atoms with Gasteiger partial charge in [0, 0.05) is 24.3 Å². The number of benzene rings is 2. The Morgan fingerprint density at radius 1 is 1.19 bits per heavy atom. The van der Waals surface area contributed by atoms with Crippen molar-refractivity contribution in [1.82, 2.24) is 0 Å². The molecule has 1 aliphatic rings. The van der Waals surface area contributed by atoms with Gasteiger partial charge in [-0.15, -0.1) is 0 Å². The average molecular weight is 370 g/mol. The number of rotatable bonds is 5. The number of hydrogen-bond donors (Lipinski definition) is 1.